The predicted octanol–water partition coefficient (Wildman–Crippen LogP) is 14.0. The molecular formula is C48H31NO2. The first-order chi connectivity index (χ1) is 28.6. The first-order valence-electron chi connectivity index (χ1n) is 20.6. The lowest BCUT2D eigenvalue weighted by Crippen LogP contribution is -2.09. The van der Waals surface area contributed by atoms with Crippen LogP contribution < -0.4 is 4.90 Å². The summed E-state index contributed by atoms with van der Waals surface area (Å²) in [4.78, 5) is 1.31. The average Bonchev–Trinajstić information content (AvgIpc) is 3.83. The highest BCUT2D eigenvalue weighted by atomic mass is 16.3. The summed E-state index contributed by atoms with van der Waals surface area (Å²) in [6.45, 7) is 0. The SMILES string of the molecule is [2H]c1c([2H])c(N(c2ccc(-c3ccccc3)cc2)c2c([2H])c([2H])c(-c3ccc4c(c3)oc3ccccc34)c([2H])c2[2H])c([2H])c([2H])c1-c1ccc2c(c1)oc1ccccc12. The van der Waals surface area contributed by atoms with Crippen LogP contribution in [0.5, 0.6) is 0 Å². The predicted molar refractivity (Wildman–Crippen MR) is 212 cm³/mol. The van der Waals surface area contributed by atoms with Gasteiger partial charge in [-0.25, -0.2) is 0 Å². The second kappa shape index (κ2) is 11.9. The molecule has 0 aliphatic carbocycles. The Morgan fingerprint density at radius 1 is 0.314 bits per heavy atom. The highest BCUT2D eigenvalue weighted by Crippen LogP contribution is 2.39. The Balaban J connectivity index is 1.17. The summed E-state index contributed by atoms with van der Waals surface area (Å²) >= 11 is 0. The van der Waals surface area contributed by atoms with Gasteiger partial charge in [-0.05, 0) is 106 Å². The third-order valence-electron chi connectivity index (χ3n) is 9.24. The highest BCUT2D eigenvalue weighted by molar-refractivity contribution is 6.07. The van der Waals surface area contributed by atoms with Gasteiger partial charge in [-0.1, -0.05) is 115 Å². The lowest BCUT2D eigenvalue weighted by molar-refractivity contribution is 0.668. The van der Waals surface area contributed by atoms with Gasteiger partial charge in [0.2, 0.25) is 0 Å². The van der Waals surface area contributed by atoms with Crippen LogP contribution in [-0.2, 0) is 0 Å². The van der Waals surface area contributed by atoms with Crippen molar-refractivity contribution in [3.8, 4) is 33.4 Å². The van der Waals surface area contributed by atoms with Gasteiger partial charge in [0.15, 0.2) is 0 Å². The fourth-order valence-electron chi connectivity index (χ4n) is 6.69. The zero-order valence-corrected chi connectivity index (χ0v) is 27.0. The Bertz CT molecular complexity index is 3080. The van der Waals surface area contributed by atoms with Crippen LogP contribution in [0.3, 0.4) is 0 Å². The zero-order chi connectivity index (χ0) is 40.7. The monoisotopic (exact) mass is 661 g/mol. The van der Waals surface area contributed by atoms with E-state index in [1.807, 2.05) is 103 Å². The minimum Gasteiger partial charge on any atom is -0.456 e. The summed E-state index contributed by atoms with van der Waals surface area (Å²) in [5, 5.41) is 3.54. The van der Waals surface area contributed by atoms with Gasteiger partial charge in [0.1, 0.15) is 22.3 Å². The Hall–Kier alpha value is -6.84. The molecule has 51 heavy (non-hydrogen) atoms. The second-order valence-corrected chi connectivity index (χ2v) is 12.3. The Labute approximate surface area is 306 Å². The smallest absolute Gasteiger partial charge is 0.136 e. The van der Waals surface area contributed by atoms with E-state index in [1.54, 1.807) is 36.4 Å². The van der Waals surface area contributed by atoms with Crippen LogP contribution in [0.4, 0.5) is 17.1 Å². The molecule has 0 saturated carbocycles. The number of anilines is 3. The highest BCUT2D eigenvalue weighted by Gasteiger charge is 2.15. The molecule has 0 bridgehead atoms. The lowest BCUT2D eigenvalue weighted by atomic mass is 10.0. The van der Waals surface area contributed by atoms with Crippen LogP contribution in [0, 0.1) is 0 Å². The van der Waals surface area contributed by atoms with Gasteiger partial charge in [0, 0.05) is 38.6 Å². The van der Waals surface area contributed by atoms with Crippen molar-refractivity contribution in [1.29, 1.82) is 0 Å². The van der Waals surface area contributed by atoms with Crippen molar-refractivity contribution in [3.05, 3.63) is 188 Å². The van der Waals surface area contributed by atoms with Crippen molar-refractivity contribution in [3.63, 3.8) is 0 Å². The number of benzene rings is 8. The number of fused-ring (bicyclic) bond motifs is 6. The number of para-hydroxylation sites is 2. The van der Waals surface area contributed by atoms with Gasteiger partial charge in [-0.2, -0.15) is 0 Å². The van der Waals surface area contributed by atoms with E-state index in [1.165, 1.54) is 4.90 Å². The molecule has 0 fully saturated rings. The standard InChI is InChI=1S/C48H31NO2/c1-2-8-32(9-3-1)33-14-22-38(23-15-33)49(39-24-16-34(17-25-39)36-20-28-43-41-10-4-6-12-45(41)50-47(43)30-36)40-26-18-35(19-27-40)37-21-29-44-42-11-5-7-13-46(42)51-48(44)31-37/h1-31H/i16D,17D,18D,19D,24D,25D,26D,27D. The van der Waals surface area contributed by atoms with Gasteiger partial charge in [0.05, 0.1) is 11.0 Å². The molecule has 8 aromatic carbocycles. The van der Waals surface area contributed by atoms with E-state index in [-0.39, 0.29) is 46.7 Å². The molecule has 0 aliphatic heterocycles. The van der Waals surface area contributed by atoms with Crippen LogP contribution in [0.1, 0.15) is 11.0 Å². The Morgan fingerprint density at radius 2 is 0.725 bits per heavy atom. The third kappa shape index (κ3) is 5.15. The molecule has 2 heterocycles. The molecular weight excluding hydrogens is 623 g/mol. The minimum absolute atomic E-state index is 0.0568. The van der Waals surface area contributed by atoms with Crippen molar-refractivity contribution in [1.82, 2.24) is 0 Å². The summed E-state index contributed by atoms with van der Waals surface area (Å²) in [6.07, 6.45) is 0. The number of nitrogens with zero attached hydrogens (tertiary/aromatic N) is 1. The van der Waals surface area contributed by atoms with Crippen molar-refractivity contribution in [2.24, 2.45) is 0 Å². The first-order valence-corrected chi connectivity index (χ1v) is 16.6. The maximum Gasteiger partial charge on any atom is 0.136 e. The van der Waals surface area contributed by atoms with Crippen LogP contribution in [0.2, 0.25) is 0 Å². The van der Waals surface area contributed by atoms with Crippen LogP contribution in [0.25, 0.3) is 77.3 Å². The fourth-order valence-corrected chi connectivity index (χ4v) is 6.69. The third-order valence-corrected chi connectivity index (χ3v) is 9.24. The molecule has 2 aromatic heterocycles. The van der Waals surface area contributed by atoms with Gasteiger partial charge in [-0.3, -0.25) is 0 Å². The van der Waals surface area contributed by atoms with Crippen molar-refractivity contribution >= 4 is 60.9 Å². The summed E-state index contributed by atoms with van der Waals surface area (Å²) < 4.78 is 87.2. The molecule has 10 rings (SSSR count). The molecule has 0 aliphatic rings. The lowest BCUT2D eigenvalue weighted by Gasteiger charge is -2.26. The van der Waals surface area contributed by atoms with Gasteiger partial charge < -0.3 is 13.7 Å². The zero-order valence-electron chi connectivity index (χ0n) is 35.0. The summed E-state index contributed by atoms with van der Waals surface area (Å²) in [7, 11) is 0. The quantitative estimate of drug-likeness (QED) is 0.178. The molecule has 0 spiro atoms. The van der Waals surface area contributed by atoms with Crippen LogP contribution in [-0.4, -0.2) is 0 Å². The van der Waals surface area contributed by atoms with Crippen LogP contribution in [0.15, 0.2) is 197 Å². The number of hydrogen-bond donors (Lipinski definition) is 0. The molecule has 0 N–H and O–H groups in total. The van der Waals surface area contributed by atoms with E-state index in [9.17, 15) is 11.0 Å². The van der Waals surface area contributed by atoms with E-state index in [0.717, 1.165) is 32.7 Å². The Morgan fingerprint density at radius 3 is 1.24 bits per heavy atom. The molecule has 10 aromatic rings. The van der Waals surface area contributed by atoms with Crippen molar-refractivity contribution in [2.75, 3.05) is 4.90 Å². The molecule has 240 valence electrons. The largest absolute Gasteiger partial charge is 0.456 e. The maximum absolute atomic E-state index is 9.44. The molecule has 0 unspecified atom stereocenters. The van der Waals surface area contributed by atoms with Gasteiger partial charge in [0.25, 0.3) is 0 Å². The van der Waals surface area contributed by atoms with Gasteiger partial charge in [-0.15, -0.1) is 0 Å². The second-order valence-electron chi connectivity index (χ2n) is 12.3. The van der Waals surface area contributed by atoms with E-state index in [2.05, 4.69) is 0 Å². The maximum atomic E-state index is 9.44. The molecule has 3 nitrogen and oxygen atoms in total. The van der Waals surface area contributed by atoms with E-state index in [0.29, 0.717) is 39.1 Å². The summed E-state index contributed by atoms with van der Waals surface area (Å²) in [5.41, 5.74) is 5.08. The molecule has 0 radical (unpaired) electrons. The van der Waals surface area contributed by atoms with Crippen molar-refractivity contribution < 1.29 is 19.8 Å². The molecule has 0 saturated heterocycles. The normalized spacial score (nSPS) is 13.7. The number of rotatable bonds is 6. The van der Waals surface area contributed by atoms with E-state index in [4.69, 9.17) is 8.83 Å². The summed E-state index contributed by atoms with van der Waals surface area (Å²) in [6, 6.07) is 39.5. The van der Waals surface area contributed by atoms with E-state index < -0.39 is 24.2 Å². The first kappa shape index (κ1) is 22.0. The Kier molecular flexibility index (Phi) is 5.15. The van der Waals surface area contributed by atoms with Gasteiger partial charge >= 0.3 is 0 Å². The molecule has 3 heteroatoms. The minimum atomic E-state index is -0.422. The van der Waals surface area contributed by atoms with Crippen LogP contribution >= 0.6 is 0 Å². The fraction of sp³-hybridized carbons (Fsp3) is 0. The number of furan rings is 2. The van der Waals surface area contributed by atoms with E-state index >= 15 is 0 Å². The molecule has 0 amide bonds. The summed E-state index contributed by atoms with van der Waals surface area (Å²) in [5.74, 6) is 0. The van der Waals surface area contributed by atoms with Crippen molar-refractivity contribution in [2.45, 2.75) is 0 Å². The average molecular weight is 662 g/mol. The molecule has 0 atom stereocenters. The topological polar surface area (TPSA) is 29.5 Å². The number of hydrogen-bond acceptors (Lipinski definition) is 3.